The molecule has 2 N–H and O–H groups in total. The Labute approximate surface area is 104 Å². The lowest BCUT2D eigenvalue weighted by Gasteiger charge is -2.34. The molecule has 4 heteroatoms. The smallest absolute Gasteiger partial charge is 0.0602 e. The van der Waals surface area contributed by atoms with Crippen molar-refractivity contribution in [2.45, 2.75) is 0 Å². The summed E-state index contributed by atoms with van der Waals surface area (Å²) in [6, 6.07) is 6.31. The van der Waals surface area contributed by atoms with E-state index in [1.54, 1.807) is 0 Å². The number of benzene rings is 1. The number of hydrogen-bond acceptors (Lipinski definition) is 4. The van der Waals surface area contributed by atoms with Crippen LogP contribution in [0.15, 0.2) is 18.2 Å². The van der Waals surface area contributed by atoms with E-state index in [1.165, 1.54) is 5.69 Å². The standard InChI is InChI=1S/C13H22N4/c1-15(2)11-4-5-13(12(14)10-11)17-8-6-16(3)7-9-17/h4-5,10H,6-9,14H2,1-3H3. The number of nitrogens with two attached hydrogens (primary N) is 1. The summed E-state index contributed by atoms with van der Waals surface area (Å²) >= 11 is 0. The second kappa shape index (κ2) is 4.84. The Morgan fingerprint density at radius 2 is 1.76 bits per heavy atom. The molecule has 0 aliphatic carbocycles. The van der Waals surface area contributed by atoms with Gasteiger partial charge < -0.3 is 20.4 Å². The number of anilines is 3. The van der Waals surface area contributed by atoms with Crippen molar-refractivity contribution in [3.8, 4) is 0 Å². The van der Waals surface area contributed by atoms with Gasteiger partial charge in [0.25, 0.3) is 0 Å². The topological polar surface area (TPSA) is 35.7 Å². The fraction of sp³-hybridized carbons (Fsp3) is 0.538. The highest BCUT2D eigenvalue weighted by Crippen LogP contribution is 2.28. The highest BCUT2D eigenvalue weighted by atomic mass is 15.3. The molecule has 0 amide bonds. The van der Waals surface area contributed by atoms with Gasteiger partial charge in [0, 0.05) is 46.0 Å². The van der Waals surface area contributed by atoms with Crippen LogP contribution in [0.4, 0.5) is 17.1 Å². The maximum Gasteiger partial charge on any atom is 0.0602 e. The Morgan fingerprint density at radius 1 is 1.12 bits per heavy atom. The van der Waals surface area contributed by atoms with Gasteiger partial charge in [0.15, 0.2) is 0 Å². The molecule has 94 valence electrons. The van der Waals surface area contributed by atoms with Crippen LogP contribution in [-0.4, -0.2) is 52.2 Å². The molecule has 0 saturated carbocycles. The van der Waals surface area contributed by atoms with Gasteiger partial charge in [-0.15, -0.1) is 0 Å². The molecular formula is C13H22N4. The Hall–Kier alpha value is -1.42. The number of nitrogen functional groups attached to an aromatic ring is 1. The van der Waals surface area contributed by atoms with Gasteiger partial charge in [0.2, 0.25) is 0 Å². The van der Waals surface area contributed by atoms with Crippen LogP contribution in [0.2, 0.25) is 0 Å². The van der Waals surface area contributed by atoms with E-state index >= 15 is 0 Å². The van der Waals surface area contributed by atoms with Crippen molar-refractivity contribution in [3.63, 3.8) is 0 Å². The van der Waals surface area contributed by atoms with Crippen LogP contribution in [-0.2, 0) is 0 Å². The van der Waals surface area contributed by atoms with E-state index < -0.39 is 0 Å². The molecule has 1 aliphatic rings. The third kappa shape index (κ3) is 2.64. The highest BCUT2D eigenvalue weighted by Gasteiger charge is 2.16. The zero-order valence-electron chi connectivity index (χ0n) is 11.0. The quantitative estimate of drug-likeness (QED) is 0.777. The van der Waals surface area contributed by atoms with Crippen molar-refractivity contribution in [1.29, 1.82) is 0 Å². The largest absolute Gasteiger partial charge is 0.397 e. The summed E-state index contributed by atoms with van der Waals surface area (Å²) < 4.78 is 0. The van der Waals surface area contributed by atoms with Crippen molar-refractivity contribution in [3.05, 3.63) is 18.2 Å². The molecule has 1 aromatic carbocycles. The molecular weight excluding hydrogens is 212 g/mol. The van der Waals surface area contributed by atoms with E-state index in [1.807, 2.05) is 20.2 Å². The molecule has 2 rings (SSSR count). The van der Waals surface area contributed by atoms with Crippen LogP contribution in [0.25, 0.3) is 0 Å². The molecule has 4 nitrogen and oxygen atoms in total. The van der Waals surface area contributed by atoms with Crippen LogP contribution in [0, 0.1) is 0 Å². The molecule has 0 bridgehead atoms. The first-order chi connectivity index (χ1) is 8.08. The molecule has 0 spiro atoms. The van der Waals surface area contributed by atoms with E-state index in [4.69, 9.17) is 5.73 Å². The minimum absolute atomic E-state index is 0.876. The van der Waals surface area contributed by atoms with E-state index in [2.05, 4.69) is 33.9 Å². The summed E-state index contributed by atoms with van der Waals surface area (Å²) in [5.41, 5.74) is 9.34. The van der Waals surface area contributed by atoms with Gasteiger partial charge in [0.05, 0.1) is 11.4 Å². The van der Waals surface area contributed by atoms with Crippen LogP contribution in [0.1, 0.15) is 0 Å². The number of nitrogens with zero attached hydrogens (tertiary/aromatic N) is 3. The summed E-state index contributed by atoms with van der Waals surface area (Å²) in [5.74, 6) is 0. The van der Waals surface area contributed by atoms with Gasteiger partial charge in [-0.05, 0) is 25.2 Å². The Morgan fingerprint density at radius 3 is 2.29 bits per heavy atom. The summed E-state index contributed by atoms with van der Waals surface area (Å²) in [7, 11) is 6.23. The average Bonchev–Trinajstić information content (AvgIpc) is 2.30. The SMILES string of the molecule is CN1CCN(c2ccc(N(C)C)cc2N)CC1. The van der Waals surface area contributed by atoms with E-state index in [-0.39, 0.29) is 0 Å². The summed E-state index contributed by atoms with van der Waals surface area (Å²) in [5, 5.41) is 0. The summed E-state index contributed by atoms with van der Waals surface area (Å²) in [6.07, 6.45) is 0. The number of hydrogen-bond donors (Lipinski definition) is 1. The number of likely N-dealkylation sites (N-methyl/N-ethyl adjacent to an activating group) is 1. The van der Waals surface area contributed by atoms with Crippen LogP contribution >= 0.6 is 0 Å². The minimum Gasteiger partial charge on any atom is -0.397 e. The monoisotopic (exact) mass is 234 g/mol. The molecule has 1 fully saturated rings. The third-order valence-corrected chi connectivity index (χ3v) is 3.37. The molecule has 0 unspecified atom stereocenters. The zero-order valence-corrected chi connectivity index (χ0v) is 11.0. The first-order valence-electron chi connectivity index (χ1n) is 6.08. The van der Waals surface area contributed by atoms with Crippen molar-refractivity contribution in [2.24, 2.45) is 0 Å². The fourth-order valence-corrected chi connectivity index (χ4v) is 2.16. The Balaban J connectivity index is 2.16. The number of rotatable bonds is 2. The molecule has 0 radical (unpaired) electrons. The second-order valence-corrected chi connectivity index (χ2v) is 4.93. The Kier molecular flexibility index (Phi) is 3.43. The molecule has 1 saturated heterocycles. The lowest BCUT2D eigenvalue weighted by atomic mass is 10.2. The number of piperazine rings is 1. The molecule has 1 heterocycles. The zero-order chi connectivity index (χ0) is 12.4. The van der Waals surface area contributed by atoms with Gasteiger partial charge in [-0.2, -0.15) is 0 Å². The molecule has 1 aliphatic heterocycles. The van der Waals surface area contributed by atoms with E-state index in [0.29, 0.717) is 0 Å². The normalized spacial score (nSPS) is 17.2. The molecule has 17 heavy (non-hydrogen) atoms. The van der Waals surface area contributed by atoms with Crippen molar-refractivity contribution in [2.75, 3.05) is 62.9 Å². The predicted molar refractivity (Wildman–Crippen MR) is 74.9 cm³/mol. The van der Waals surface area contributed by atoms with Crippen LogP contribution in [0.3, 0.4) is 0 Å². The van der Waals surface area contributed by atoms with Gasteiger partial charge >= 0.3 is 0 Å². The third-order valence-electron chi connectivity index (χ3n) is 3.37. The first-order valence-corrected chi connectivity index (χ1v) is 6.08. The van der Waals surface area contributed by atoms with Crippen molar-refractivity contribution < 1.29 is 0 Å². The van der Waals surface area contributed by atoms with Crippen molar-refractivity contribution in [1.82, 2.24) is 4.90 Å². The van der Waals surface area contributed by atoms with Gasteiger partial charge in [-0.1, -0.05) is 0 Å². The molecule has 1 aromatic rings. The minimum atomic E-state index is 0.876. The lowest BCUT2D eigenvalue weighted by Crippen LogP contribution is -2.44. The van der Waals surface area contributed by atoms with Gasteiger partial charge in [-0.25, -0.2) is 0 Å². The van der Waals surface area contributed by atoms with Crippen molar-refractivity contribution >= 4 is 17.1 Å². The average molecular weight is 234 g/mol. The predicted octanol–water partition coefficient (Wildman–Crippen LogP) is 1.09. The maximum absolute atomic E-state index is 6.14. The first kappa shape index (κ1) is 12.0. The summed E-state index contributed by atoms with van der Waals surface area (Å²) in [4.78, 5) is 6.79. The highest BCUT2D eigenvalue weighted by molar-refractivity contribution is 5.73. The van der Waals surface area contributed by atoms with Crippen LogP contribution < -0.4 is 15.5 Å². The lowest BCUT2D eigenvalue weighted by molar-refractivity contribution is 0.313. The van der Waals surface area contributed by atoms with Crippen LogP contribution in [0.5, 0.6) is 0 Å². The molecule has 0 aromatic heterocycles. The molecule has 0 atom stereocenters. The van der Waals surface area contributed by atoms with Gasteiger partial charge in [-0.3, -0.25) is 0 Å². The summed E-state index contributed by atoms with van der Waals surface area (Å²) in [6.45, 7) is 4.33. The van der Waals surface area contributed by atoms with E-state index in [9.17, 15) is 0 Å². The maximum atomic E-state index is 6.14. The van der Waals surface area contributed by atoms with Gasteiger partial charge in [0.1, 0.15) is 0 Å². The van der Waals surface area contributed by atoms with E-state index in [0.717, 1.165) is 37.6 Å². The fourth-order valence-electron chi connectivity index (χ4n) is 2.16. The second-order valence-electron chi connectivity index (χ2n) is 4.93. The Bertz CT molecular complexity index is 381.